The molecule has 3 rings (SSSR count). The second kappa shape index (κ2) is 4.31. The minimum atomic E-state index is -0.385. The highest BCUT2D eigenvalue weighted by Crippen LogP contribution is 2.29. The quantitative estimate of drug-likeness (QED) is 0.679. The lowest BCUT2D eigenvalue weighted by Gasteiger charge is -2.05. The van der Waals surface area contributed by atoms with E-state index in [2.05, 4.69) is 15.3 Å². The molecule has 5 nitrogen and oxygen atoms in total. The fraction of sp³-hybridized carbons (Fsp3) is 0. The van der Waals surface area contributed by atoms with E-state index < -0.39 is 0 Å². The van der Waals surface area contributed by atoms with Crippen LogP contribution in [0.5, 0.6) is 17.2 Å². The first-order valence-electron chi connectivity index (χ1n) is 7.00. The third kappa shape index (κ3) is 1.85. The van der Waals surface area contributed by atoms with E-state index in [-0.39, 0.29) is 33.5 Å². The monoisotopic (exact) mass is 273 g/mol. The summed E-state index contributed by atoms with van der Waals surface area (Å²) in [5.41, 5.74) is 0.603. The van der Waals surface area contributed by atoms with Gasteiger partial charge in [0.25, 0.3) is 4.29 Å². The van der Waals surface area contributed by atoms with Gasteiger partial charge in [0.05, 0.1) is 5.56 Å². The molecule has 0 saturated heterocycles. The van der Waals surface area contributed by atoms with Crippen molar-refractivity contribution in [2.24, 2.45) is 0 Å². The average Bonchev–Trinajstić information content (AvgIpc) is 2.61. The van der Waals surface area contributed by atoms with Crippen LogP contribution in [0.15, 0.2) is 51.9 Å². The molecule has 20 heavy (non-hydrogen) atoms. The van der Waals surface area contributed by atoms with Gasteiger partial charge >= 0.3 is 0 Å². The average molecular weight is 273 g/mol. The van der Waals surface area contributed by atoms with E-state index >= 15 is 0 Å². The van der Waals surface area contributed by atoms with Gasteiger partial charge in [0.1, 0.15) is 34.5 Å². The number of aromatic hydroxyl groups is 3. The lowest BCUT2D eigenvalue weighted by Crippen LogP contribution is -2.04. The van der Waals surface area contributed by atoms with Crippen molar-refractivity contribution in [3.05, 3.63) is 52.9 Å². The molecule has 5 heteroatoms. The molecule has 100 valence electrons. The molecule has 0 unspecified atom stereocenters. The first-order valence-corrected chi connectivity index (χ1v) is 5.77. The van der Waals surface area contributed by atoms with E-state index in [1.54, 1.807) is 24.3 Å². The molecule has 0 aliphatic heterocycles. The van der Waals surface area contributed by atoms with Crippen LogP contribution in [-0.2, 0) is 0 Å². The summed E-state index contributed by atoms with van der Waals surface area (Å²) in [6, 6.07) is 8.96. The topological polar surface area (TPSA) is 90.9 Å². The van der Waals surface area contributed by atoms with Gasteiger partial charge in [-0.25, -0.2) is 0 Å². The van der Waals surface area contributed by atoms with E-state index in [0.29, 0.717) is 11.3 Å². The van der Waals surface area contributed by atoms with E-state index in [0.717, 1.165) is 0 Å². The van der Waals surface area contributed by atoms with Crippen molar-refractivity contribution < 1.29 is 19.7 Å². The van der Waals surface area contributed by atoms with Crippen LogP contribution in [0.25, 0.3) is 22.1 Å². The van der Waals surface area contributed by atoms with Crippen molar-refractivity contribution in [1.82, 2.24) is 0 Å². The van der Waals surface area contributed by atoms with Crippen molar-refractivity contribution in [3.63, 3.8) is 0 Å². The summed E-state index contributed by atoms with van der Waals surface area (Å²) < 4.78 is 26.2. The minimum absolute atomic E-state index is 0.0635. The van der Waals surface area contributed by atoms with E-state index in [1.807, 2.05) is 0 Å². The van der Waals surface area contributed by atoms with Crippen LogP contribution in [0.2, 0.25) is 0 Å². The zero-order valence-corrected chi connectivity index (χ0v) is 10.1. The summed E-state index contributed by atoms with van der Waals surface area (Å²) >= 11 is 0. The van der Waals surface area contributed by atoms with Crippen LogP contribution in [-0.4, -0.2) is 19.6 Å². The fourth-order valence-electron chi connectivity index (χ4n) is 2.03. The molecule has 0 saturated carbocycles. The van der Waals surface area contributed by atoms with Gasteiger partial charge in [0.15, 0.2) is 0 Å². The number of rotatable bonds is 4. The summed E-state index contributed by atoms with van der Waals surface area (Å²) in [6.07, 6.45) is 1.28. The molecule has 1 aromatic heterocycles. The third-order valence-electron chi connectivity index (χ3n) is 2.98. The maximum Gasteiger partial charge on any atom is 0.293 e. The largest absolute Gasteiger partial charge is 0.508 e. The van der Waals surface area contributed by atoms with Crippen molar-refractivity contribution >= 4 is 11.0 Å². The van der Waals surface area contributed by atoms with Crippen molar-refractivity contribution in [3.8, 4) is 28.4 Å². The Labute approximate surface area is 117 Å². The molecule has 0 amide bonds. The first-order chi connectivity index (χ1) is 11.2. The molecular weight excluding hydrogens is 260 g/mol. The molecule has 0 aliphatic carbocycles. The van der Waals surface area contributed by atoms with Crippen molar-refractivity contribution in [1.29, 1.82) is 4.29 Å². The summed E-state index contributed by atoms with van der Waals surface area (Å²) in [4.78, 5) is 12.7. The van der Waals surface area contributed by atoms with Gasteiger partial charge in [0.2, 0.25) is 5.43 Å². The molecule has 0 spiro atoms. The van der Waals surface area contributed by atoms with Gasteiger partial charge in [-0.3, -0.25) is 4.79 Å². The molecule has 0 bridgehead atoms. The Bertz CT molecular complexity index is 905. The van der Waals surface area contributed by atoms with E-state index in [9.17, 15) is 4.79 Å². The molecule has 2 aromatic carbocycles. The summed E-state index contributed by atoms with van der Waals surface area (Å²) in [6.45, 7) is 0. The van der Waals surface area contributed by atoms with E-state index in [4.69, 9.17) is 8.71 Å². The number of fused-ring (bicyclic) bond motifs is 1. The number of phenolic OH excluding ortho intramolecular Hbond substituents is 3. The molecule has 0 atom stereocenters. The van der Waals surface area contributed by atoms with Crippen LogP contribution >= 0.6 is 0 Å². The highest BCUT2D eigenvalue weighted by Gasteiger charge is 2.13. The van der Waals surface area contributed by atoms with Crippen LogP contribution in [0.1, 0.15) is 0 Å². The Morgan fingerprint density at radius 3 is 2.50 bits per heavy atom. The summed E-state index contributed by atoms with van der Waals surface area (Å²) in [5.74, 6) is 0.366. The zero-order valence-electron chi connectivity index (χ0n) is 13.1. The Kier molecular flexibility index (Phi) is 1.95. The van der Waals surface area contributed by atoms with E-state index in [1.165, 1.54) is 18.4 Å². The Morgan fingerprint density at radius 2 is 1.80 bits per heavy atom. The molecule has 0 aliphatic rings. The summed E-state index contributed by atoms with van der Waals surface area (Å²) in [5, 5.41) is 13.2. The lowest BCUT2D eigenvalue weighted by atomic mass is 10.0. The zero-order chi connectivity index (χ0) is 16.4. The second-order valence-corrected chi connectivity index (χ2v) is 4.30. The Balaban J connectivity index is 2.23. The van der Waals surface area contributed by atoms with Crippen LogP contribution in [0.4, 0.5) is 0 Å². The molecule has 3 aromatic rings. The normalized spacial score (nSPS) is 12.3. The van der Waals surface area contributed by atoms with Crippen LogP contribution < -0.4 is 5.43 Å². The third-order valence-corrected chi connectivity index (χ3v) is 2.98. The molecule has 0 fully saturated rings. The van der Waals surface area contributed by atoms with Crippen LogP contribution in [0.3, 0.4) is 0 Å². The predicted octanol–water partition coefficient (Wildman–Crippen LogP) is 2.58. The molecule has 1 heterocycles. The number of benzene rings is 2. The van der Waals surface area contributed by atoms with Gasteiger partial charge in [-0.2, -0.15) is 0 Å². The van der Waals surface area contributed by atoms with Crippen molar-refractivity contribution in [2.45, 2.75) is 0 Å². The number of hydrogen-bond donors (Lipinski definition) is 3. The number of phenols is 3. The maximum atomic E-state index is 12.7. The molecule has 3 N–H and O–H groups in total. The van der Waals surface area contributed by atoms with Gasteiger partial charge in [-0.05, 0) is 17.7 Å². The molecule has 0 radical (unpaired) electrons. The summed E-state index contributed by atoms with van der Waals surface area (Å²) in [7, 11) is 0. The lowest BCUT2D eigenvalue weighted by molar-refractivity contribution is 0.452. The maximum absolute atomic E-state index is 12.7. The molecular formula is C15H10O5. The van der Waals surface area contributed by atoms with Gasteiger partial charge in [0, 0.05) is 12.1 Å². The first kappa shape index (κ1) is 9.03. The Hall–Kier alpha value is -2.95. The highest BCUT2D eigenvalue weighted by molar-refractivity contribution is 5.87. The predicted molar refractivity (Wildman–Crippen MR) is 72.9 cm³/mol. The van der Waals surface area contributed by atoms with Crippen molar-refractivity contribution in [2.75, 3.05) is 0 Å². The van der Waals surface area contributed by atoms with Crippen LogP contribution in [0, 0.1) is 0 Å². The van der Waals surface area contributed by atoms with Gasteiger partial charge in [-0.15, -0.1) is 0 Å². The number of hydrogen-bond acceptors (Lipinski definition) is 5. The minimum Gasteiger partial charge on any atom is -0.508 e. The second-order valence-electron chi connectivity index (χ2n) is 4.30. The smallest absolute Gasteiger partial charge is 0.293 e. The van der Waals surface area contributed by atoms with Gasteiger partial charge in [-0.1, -0.05) is 12.1 Å². The standard InChI is InChI=1S/C15H10O5/c16-9-3-1-8(2-4-9)11-7-20-13-6-10(17)5-12(18)14(13)15(11)19/h1-7,16-18H/i/hD3. The highest BCUT2D eigenvalue weighted by atomic mass is 16.3. The SMILES string of the molecule is [2H]Oc1ccc(-c2coc3cc(O[2H])cc(O[2H])c3c2=O)cc1. The fourth-order valence-corrected chi connectivity index (χ4v) is 2.03. The van der Waals surface area contributed by atoms with Gasteiger partial charge < -0.3 is 19.7 Å². The Morgan fingerprint density at radius 1 is 1.00 bits per heavy atom.